The molecule has 1 unspecified atom stereocenters. The van der Waals surface area contributed by atoms with Gasteiger partial charge in [-0.15, -0.1) is 0 Å². The molecule has 112 valence electrons. The highest BCUT2D eigenvalue weighted by Gasteiger charge is 2.13. The van der Waals surface area contributed by atoms with Crippen LogP contribution in [0.4, 0.5) is 8.78 Å². The van der Waals surface area contributed by atoms with Crippen LogP contribution in [0.15, 0.2) is 42.5 Å². The number of hydrogen-bond donors (Lipinski definition) is 1. The molecule has 2 rings (SSSR count). The van der Waals surface area contributed by atoms with Gasteiger partial charge in [-0.3, -0.25) is 0 Å². The van der Waals surface area contributed by atoms with E-state index < -0.39 is 17.7 Å². The van der Waals surface area contributed by atoms with Crippen LogP contribution in [0.25, 0.3) is 0 Å². The Bertz CT molecular complexity index is 605. The fraction of sp³-hybridized carbons (Fsp3) is 0.250. The summed E-state index contributed by atoms with van der Waals surface area (Å²) in [5, 5.41) is 0. The Hall–Kier alpha value is -2.14. The highest BCUT2D eigenvalue weighted by Crippen LogP contribution is 2.22. The zero-order valence-electron chi connectivity index (χ0n) is 11.7. The Morgan fingerprint density at radius 1 is 1.05 bits per heavy atom. The molecule has 2 N–H and O–H groups in total. The quantitative estimate of drug-likeness (QED) is 0.887. The van der Waals surface area contributed by atoms with Crippen molar-refractivity contribution in [2.75, 3.05) is 13.2 Å². The minimum absolute atomic E-state index is 0.0377. The lowest BCUT2D eigenvalue weighted by molar-refractivity contribution is 0.283. The second-order valence-electron chi connectivity index (χ2n) is 4.49. The van der Waals surface area contributed by atoms with Gasteiger partial charge in [0.2, 0.25) is 0 Å². The smallest absolute Gasteiger partial charge is 0.128 e. The van der Waals surface area contributed by atoms with Gasteiger partial charge in [0.05, 0.1) is 12.6 Å². The molecular weight excluding hydrogens is 276 g/mol. The highest BCUT2D eigenvalue weighted by atomic mass is 19.1. The van der Waals surface area contributed by atoms with Crippen molar-refractivity contribution in [1.29, 1.82) is 0 Å². The molecule has 3 nitrogen and oxygen atoms in total. The molecule has 0 aromatic heterocycles. The van der Waals surface area contributed by atoms with Crippen molar-refractivity contribution in [3.8, 4) is 11.5 Å². The van der Waals surface area contributed by atoms with Crippen LogP contribution in [-0.2, 0) is 0 Å². The van der Waals surface area contributed by atoms with Crippen LogP contribution >= 0.6 is 0 Å². The summed E-state index contributed by atoms with van der Waals surface area (Å²) in [6, 6.07) is 9.50. The molecule has 0 aliphatic rings. The summed E-state index contributed by atoms with van der Waals surface area (Å²) in [6.07, 6.45) is 0. The van der Waals surface area contributed by atoms with E-state index >= 15 is 0 Å². The van der Waals surface area contributed by atoms with E-state index in [9.17, 15) is 8.78 Å². The van der Waals surface area contributed by atoms with Gasteiger partial charge in [-0.25, -0.2) is 8.78 Å². The Morgan fingerprint density at radius 2 is 1.76 bits per heavy atom. The molecule has 2 aromatic rings. The van der Waals surface area contributed by atoms with Crippen molar-refractivity contribution < 1.29 is 18.3 Å². The van der Waals surface area contributed by atoms with Crippen LogP contribution in [-0.4, -0.2) is 13.2 Å². The van der Waals surface area contributed by atoms with Crippen molar-refractivity contribution in [2.45, 2.75) is 13.0 Å². The molecule has 0 spiro atoms. The third-order valence-corrected chi connectivity index (χ3v) is 2.90. The van der Waals surface area contributed by atoms with Gasteiger partial charge < -0.3 is 15.2 Å². The van der Waals surface area contributed by atoms with E-state index in [4.69, 9.17) is 15.2 Å². The van der Waals surface area contributed by atoms with Crippen molar-refractivity contribution in [2.24, 2.45) is 5.73 Å². The van der Waals surface area contributed by atoms with E-state index in [1.807, 2.05) is 13.0 Å². The highest BCUT2D eigenvalue weighted by molar-refractivity contribution is 5.33. The molecule has 0 fully saturated rings. The Kier molecular flexibility index (Phi) is 5.11. The summed E-state index contributed by atoms with van der Waals surface area (Å²) in [7, 11) is 0. The predicted molar refractivity (Wildman–Crippen MR) is 76.4 cm³/mol. The standard InChI is InChI=1S/C16H17F2NO2/c1-2-20-12-4-3-5-13(9-12)21-10-16(19)14-8-11(17)6-7-15(14)18/h3-9,16H,2,10,19H2,1H3. The van der Waals surface area contributed by atoms with Crippen LogP contribution < -0.4 is 15.2 Å². The first kappa shape index (κ1) is 15.3. The van der Waals surface area contributed by atoms with Crippen LogP contribution in [0.2, 0.25) is 0 Å². The molecule has 1 atom stereocenters. The van der Waals surface area contributed by atoms with Crippen molar-refractivity contribution in [1.82, 2.24) is 0 Å². The summed E-state index contributed by atoms with van der Waals surface area (Å²) in [5.41, 5.74) is 5.94. The SMILES string of the molecule is CCOc1cccc(OCC(N)c2cc(F)ccc2F)c1. The first-order chi connectivity index (χ1) is 10.1. The van der Waals surface area contributed by atoms with Gasteiger partial charge in [0.25, 0.3) is 0 Å². The molecule has 5 heteroatoms. The summed E-state index contributed by atoms with van der Waals surface area (Å²) < 4.78 is 37.6. The van der Waals surface area contributed by atoms with E-state index in [1.165, 1.54) is 0 Å². The number of ether oxygens (including phenoxy) is 2. The van der Waals surface area contributed by atoms with Crippen molar-refractivity contribution >= 4 is 0 Å². The largest absolute Gasteiger partial charge is 0.494 e. The number of hydrogen-bond acceptors (Lipinski definition) is 3. The van der Waals surface area contributed by atoms with Crippen LogP contribution in [0.3, 0.4) is 0 Å². The summed E-state index contributed by atoms with van der Waals surface area (Å²) in [5.74, 6) is 0.171. The lowest BCUT2D eigenvalue weighted by Gasteiger charge is -2.15. The van der Waals surface area contributed by atoms with E-state index in [0.29, 0.717) is 18.1 Å². The molecule has 0 saturated carbocycles. The Labute approximate surface area is 122 Å². The van der Waals surface area contributed by atoms with Crippen molar-refractivity contribution in [3.63, 3.8) is 0 Å². The second-order valence-corrected chi connectivity index (χ2v) is 4.49. The van der Waals surface area contributed by atoms with Crippen molar-refractivity contribution in [3.05, 3.63) is 59.7 Å². The number of benzene rings is 2. The Balaban J connectivity index is 2.02. The molecule has 2 aromatic carbocycles. The molecule has 0 amide bonds. The van der Waals surface area contributed by atoms with Gasteiger partial charge in [-0.1, -0.05) is 6.07 Å². The maximum atomic E-state index is 13.6. The molecule has 0 aliphatic carbocycles. The number of halogens is 2. The maximum absolute atomic E-state index is 13.6. The molecule has 21 heavy (non-hydrogen) atoms. The second kappa shape index (κ2) is 7.04. The average molecular weight is 293 g/mol. The first-order valence-electron chi connectivity index (χ1n) is 6.66. The van der Waals surface area contributed by atoms with E-state index in [-0.39, 0.29) is 12.2 Å². The van der Waals surface area contributed by atoms with Gasteiger partial charge >= 0.3 is 0 Å². The summed E-state index contributed by atoms with van der Waals surface area (Å²) >= 11 is 0. The van der Waals surface area contributed by atoms with Gasteiger partial charge in [-0.05, 0) is 37.3 Å². The van der Waals surface area contributed by atoms with Crippen LogP contribution in [0.5, 0.6) is 11.5 Å². The maximum Gasteiger partial charge on any atom is 0.128 e. The van der Waals surface area contributed by atoms with Gasteiger partial charge in [-0.2, -0.15) is 0 Å². The molecule has 0 radical (unpaired) electrons. The predicted octanol–water partition coefficient (Wildman–Crippen LogP) is 3.44. The van der Waals surface area contributed by atoms with Crippen LogP contribution in [0, 0.1) is 11.6 Å². The first-order valence-corrected chi connectivity index (χ1v) is 6.66. The van der Waals surface area contributed by atoms with Gasteiger partial charge in [0.1, 0.15) is 29.7 Å². The normalized spacial score (nSPS) is 12.0. The molecular formula is C16H17F2NO2. The van der Waals surface area contributed by atoms with Gasteiger partial charge in [0.15, 0.2) is 0 Å². The number of nitrogens with two attached hydrogens (primary N) is 1. The van der Waals surface area contributed by atoms with Crippen LogP contribution in [0.1, 0.15) is 18.5 Å². The Morgan fingerprint density at radius 3 is 2.48 bits per heavy atom. The van der Waals surface area contributed by atoms with Gasteiger partial charge in [0, 0.05) is 11.6 Å². The summed E-state index contributed by atoms with van der Waals surface area (Å²) in [6.45, 7) is 2.48. The lowest BCUT2D eigenvalue weighted by atomic mass is 10.1. The molecule has 0 saturated heterocycles. The number of rotatable bonds is 6. The van der Waals surface area contributed by atoms with E-state index in [1.54, 1.807) is 18.2 Å². The molecule has 0 aliphatic heterocycles. The summed E-state index contributed by atoms with van der Waals surface area (Å²) in [4.78, 5) is 0. The fourth-order valence-corrected chi connectivity index (χ4v) is 1.89. The van der Waals surface area contributed by atoms with E-state index in [2.05, 4.69) is 0 Å². The van der Waals surface area contributed by atoms with E-state index in [0.717, 1.165) is 18.2 Å². The monoisotopic (exact) mass is 293 g/mol. The zero-order valence-corrected chi connectivity index (χ0v) is 11.7. The fourth-order valence-electron chi connectivity index (χ4n) is 1.89. The molecule has 0 bridgehead atoms. The zero-order chi connectivity index (χ0) is 15.2. The average Bonchev–Trinajstić information content (AvgIpc) is 2.48. The topological polar surface area (TPSA) is 44.5 Å². The third kappa shape index (κ3) is 4.16. The third-order valence-electron chi connectivity index (χ3n) is 2.90. The lowest BCUT2D eigenvalue weighted by Crippen LogP contribution is -2.20. The minimum atomic E-state index is -0.753. The molecule has 0 heterocycles. The minimum Gasteiger partial charge on any atom is -0.494 e.